The van der Waals surface area contributed by atoms with Gasteiger partial charge in [-0.05, 0) is 31.7 Å². The van der Waals surface area contributed by atoms with Crippen LogP contribution in [-0.4, -0.2) is 54.6 Å². The number of carbonyl (C=O) groups is 1. The summed E-state index contributed by atoms with van der Waals surface area (Å²) in [6, 6.07) is 2.02. The number of rotatable bonds is 3. The minimum absolute atomic E-state index is 0.152. The van der Waals surface area contributed by atoms with Gasteiger partial charge in [-0.15, -0.1) is 0 Å². The molecule has 0 saturated carbocycles. The quantitative estimate of drug-likeness (QED) is 0.856. The van der Waals surface area contributed by atoms with Crippen molar-refractivity contribution in [2.45, 2.75) is 38.3 Å². The second-order valence-corrected chi connectivity index (χ2v) is 7.16. The molecular weight excluding hydrogens is 292 g/mol. The first kappa shape index (κ1) is 15.2. The van der Waals surface area contributed by atoms with Crippen LogP contribution in [0.15, 0.2) is 23.0 Å². The summed E-state index contributed by atoms with van der Waals surface area (Å²) in [4.78, 5) is 17.5. The standard InChI is InChI=1S/C18H26N2O3/c21-18(20-6-1-2-7-20)15-5-10-23-17-3-8-19(12-16(15)17)11-14-4-9-22-13-14/h4,9,13,15-17H,1-3,5-8,10-12H2/t15-,16-,17-/m1/s1. The highest BCUT2D eigenvalue weighted by Gasteiger charge is 2.43. The first-order valence-electron chi connectivity index (χ1n) is 8.95. The maximum atomic E-state index is 12.9. The van der Waals surface area contributed by atoms with Gasteiger partial charge in [0.1, 0.15) is 0 Å². The first-order valence-corrected chi connectivity index (χ1v) is 8.95. The van der Waals surface area contributed by atoms with Crippen LogP contribution in [-0.2, 0) is 16.1 Å². The maximum absolute atomic E-state index is 12.9. The van der Waals surface area contributed by atoms with Gasteiger partial charge in [-0.2, -0.15) is 0 Å². The topological polar surface area (TPSA) is 45.9 Å². The normalized spacial score (nSPS) is 32.0. The third kappa shape index (κ3) is 3.17. The molecule has 0 radical (unpaired) electrons. The Morgan fingerprint density at radius 1 is 1.22 bits per heavy atom. The fourth-order valence-corrected chi connectivity index (χ4v) is 4.45. The summed E-state index contributed by atoms with van der Waals surface area (Å²) in [5.74, 6) is 0.877. The molecule has 3 fully saturated rings. The van der Waals surface area contributed by atoms with Crippen molar-refractivity contribution in [3.8, 4) is 0 Å². The van der Waals surface area contributed by atoms with Crippen LogP contribution in [0.2, 0.25) is 0 Å². The molecule has 0 unspecified atom stereocenters. The predicted octanol–water partition coefficient (Wildman–Crippen LogP) is 2.13. The van der Waals surface area contributed by atoms with Gasteiger partial charge in [0.05, 0.1) is 18.6 Å². The van der Waals surface area contributed by atoms with Crippen molar-refractivity contribution in [1.29, 1.82) is 0 Å². The van der Waals surface area contributed by atoms with Crippen molar-refractivity contribution < 1.29 is 13.9 Å². The molecule has 0 N–H and O–H groups in total. The van der Waals surface area contributed by atoms with Crippen LogP contribution in [0.3, 0.4) is 0 Å². The molecule has 1 aromatic rings. The summed E-state index contributed by atoms with van der Waals surface area (Å²) < 4.78 is 11.2. The van der Waals surface area contributed by atoms with Gasteiger partial charge in [-0.1, -0.05) is 0 Å². The van der Waals surface area contributed by atoms with Gasteiger partial charge in [0.15, 0.2) is 0 Å². The second-order valence-electron chi connectivity index (χ2n) is 7.16. The number of hydrogen-bond acceptors (Lipinski definition) is 4. The Kier molecular flexibility index (Phi) is 4.40. The number of likely N-dealkylation sites (tertiary alicyclic amines) is 2. The molecule has 3 atom stereocenters. The van der Waals surface area contributed by atoms with E-state index in [2.05, 4.69) is 9.80 Å². The molecule has 0 aromatic carbocycles. The number of fused-ring (bicyclic) bond motifs is 1. The summed E-state index contributed by atoms with van der Waals surface area (Å²) >= 11 is 0. The SMILES string of the molecule is O=C([C@@H]1CCO[C@@H]2CCN(Cc3ccoc3)C[C@@H]21)N1CCCC1. The average Bonchev–Trinajstić information content (AvgIpc) is 3.27. The van der Waals surface area contributed by atoms with Crippen LogP contribution >= 0.6 is 0 Å². The Bertz CT molecular complexity index is 524. The van der Waals surface area contributed by atoms with E-state index in [1.807, 2.05) is 12.3 Å². The van der Waals surface area contributed by atoms with Crippen LogP contribution in [0.1, 0.15) is 31.2 Å². The zero-order chi connectivity index (χ0) is 15.6. The van der Waals surface area contributed by atoms with Crippen LogP contribution in [0, 0.1) is 11.8 Å². The van der Waals surface area contributed by atoms with Gasteiger partial charge in [0.2, 0.25) is 5.91 Å². The van der Waals surface area contributed by atoms with E-state index in [0.29, 0.717) is 11.8 Å². The number of carbonyl (C=O) groups excluding carboxylic acids is 1. The summed E-state index contributed by atoms with van der Waals surface area (Å²) in [5, 5.41) is 0. The molecule has 126 valence electrons. The Labute approximate surface area is 137 Å². The molecule has 4 heterocycles. The summed E-state index contributed by atoms with van der Waals surface area (Å²) in [5.41, 5.74) is 1.21. The van der Waals surface area contributed by atoms with Crippen molar-refractivity contribution in [1.82, 2.24) is 9.80 Å². The van der Waals surface area contributed by atoms with Gasteiger partial charge in [-0.25, -0.2) is 0 Å². The molecule has 1 amide bonds. The van der Waals surface area contributed by atoms with Gasteiger partial charge in [0, 0.05) is 56.7 Å². The van der Waals surface area contributed by atoms with Crippen molar-refractivity contribution in [2.75, 3.05) is 32.8 Å². The fourth-order valence-electron chi connectivity index (χ4n) is 4.45. The smallest absolute Gasteiger partial charge is 0.226 e. The highest BCUT2D eigenvalue weighted by atomic mass is 16.5. The van der Waals surface area contributed by atoms with Crippen molar-refractivity contribution >= 4 is 5.91 Å². The first-order chi connectivity index (χ1) is 11.3. The Morgan fingerprint density at radius 3 is 2.87 bits per heavy atom. The van der Waals surface area contributed by atoms with E-state index in [0.717, 1.165) is 65.0 Å². The molecular formula is C18H26N2O3. The molecule has 0 bridgehead atoms. The monoisotopic (exact) mass is 318 g/mol. The number of furan rings is 1. The number of nitrogens with zero attached hydrogens (tertiary/aromatic N) is 2. The van der Waals surface area contributed by atoms with Crippen LogP contribution < -0.4 is 0 Å². The lowest BCUT2D eigenvalue weighted by molar-refractivity contribution is -0.150. The molecule has 3 saturated heterocycles. The van der Waals surface area contributed by atoms with Crippen LogP contribution in [0.5, 0.6) is 0 Å². The van der Waals surface area contributed by atoms with E-state index < -0.39 is 0 Å². The molecule has 0 aliphatic carbocycles. The highest BCUT2D eigenvalue weighted by molar-refractivity contribution is 5.79. The van der Waals surface area contributed by atoms with Gasteiger partial charge >= 0.3 is 0 Å². The number of hydrogen-bond donors (Lipinski definition) is 0. The van der Waals surface area contributed by atoms with Gasteiger partial charge < -0.3 is 14.1 Å². The zero-order valence-electron chi connectivity index (χ0n) is 13.7. The maximum Gasteiger partial charge on any atom is 0.226 e. The van der Waals surface area contributed by atoms with Gasteiger partial charge in [0.25, 0.3) is 0 Å². The Morgan fingerprint density at radius 2 is 2.09 bits per heavy atom. The lowest BCUT2D eigenvalue weighted by atomic mass is 9.78. The molecule has 5 heteroatoms. The lowest BCUT2D eigenvalue weighted by Crippen LogP contribution is -2.53. The van der Waals surface area contributed by atoms with E-state index in [4.69, 9.17) is 9.15 Å². The number of amides is 1. The van der Waals surface area contributed by atoms with E-state index in [1.54, 1.807) is 6.26 Å². The van der Waals surface area contributed by atoms with Gasteiger partial charge in [-0.3, -0.25) is 9.69 Å². The van der Waals surface area contributed by atoms with Crippen molar-refractivity contribution in [2.24, 2.45) is 11.8 Å². The van der Waals surface area contributed by atoms with Crippen LogP contribution in [0.4, 0.5) is 0 Å². The Balaban J connectivity index is 1.44. The van der Waals surface area contributed by atoms with E-state index >= 15 is 0 Å². The van der Waals surface area contributed by atoms with E-state index in [-0.39, 0.29) is 12.0 Å². The highest BCUT2D eigenvalue weighted by Crippen LogP contribution is 2.35. The molecule has 3 aliphatic rings. The summed E-state index contributed by atoms with van der Waals surface area (Å²) in [6.45, 7) is 5.55. The minimum atomic E-state index is 0.152. The molecule has 4 rings (SSSR count). The second kappa shape index (κ2) is 6.65. The molecule has 1 aromatic heterocycles. The third-order valence-corrected chi connectivity index (χ3v) is 5.68. The summed E-state index contributed by atoms with van der Waals surface area (Å²) in [7, 11) is 0. The fraction of sp³-hybridized carbons (Fsp3) is 0.722. The van der Waals surface area contributed by atoms with E-state index in [9.17, 15) is 4.79 Å². The third-order valence-electron chi connectivity index (χ3n) is 5.68. The predicted molar refractivity (Wildman–Crippen MR) is 85.8 cm³/mol. The lowest BCUT2D eigenvalue weighted by Gasteiger charge is -2.45. The Hall–Kier alpha value is -1.33. The van der Waals surface area contributed by atoms with Crippen LogP contribution in [0.25, 0.3) is 0 Å². The number of ether oxygens (including phenoxy) is 1. The molecule has 5 nitrogen and oxygen atoms in total. The molecule has 3 aliphatic heterocycles. The molecule has 0 spiro atoms. The van der Waals surface area contributed by atoms with Crippen molar-refractivity contribution in [3.63, 3.8) is 0 Å². The average molecular weight is 318 g/mol. The zero-order valence-corrected chi connectivity index (χ0v) is 13.7. The largest absolute Gasteiger partial charge is 0.472 e. The molecule has 23 heavy (non-hydrogen) atoms. The van der Waals surface area contributed by atoms with E-state index in [1.165, 1.54) is 5.56 Å². The summed E-state index contributed by atoms with van der Waals surface area (Å²) in [6.07, 6.45) is 8.05. The number of piperidine rings is 1. The minimum Gasteiger partial charge on any atom is -0.472 e. The van der Waals surface area contributed by atoms with Crippen molar-refractivity contribution in [3.05, 3.63) is 24.2 Å².